The van der Waals surface area contributed by atoms with Crippen LogP contribution in [0.15, 0.2) is 24.5 Å². The predicted octanol–water partition coefficient (Wildman–Crippen LogP) is 2.36. The first kappa shape index (κ1) is 10.6. The van der Waals surface area contributed by atoms with Gasteiger partial charge < -0.3 is 5.32 Å². The summed E-state index contributed by atoms with van der Waals surface area (Å²) in [6.45, 7) is 3.44. The van der Waals surface area contributed by atoms with Crippen LogP contribution in [0.25, 0.3) is 0 Å². The molecule has 1 aromatic heterocycles. The lowest BCUT2D eigenvalue weighted by molar-refractivity contribution is 0.325. The highest BCUT2D eigenvalue weighted by Crippen LogP contribution is 2.44. The summed E-state index contributed by atoms with van der Waals surface area (Å²) in [6, 6.07) is 4.28. The summed E-state index contributed by atoms with van der Waals surface area (Å²) < 4.78 is 0. The lowest BCUT2D eigenvalue weighted by atomic mass is 9.73. The molecule has 1 aliphatic carbocycles. The maximum atomic E-state index is 4.26. The standard InChI is InChI=1S/C13H20N2/c1-11-5-3-7-13(11,10-14-2)12-6-4-8-15-9-12/h4,6,8-9,11,14H,3,5,7,10H2,1-2H3. The molecule has 2 unspecified atom stereocenters. The highest BCUT2D eigenvalue weighted by molar-refractivity contribution is 5.25. The van der Waals surface area contributed by atoms with Crippen LogP contribution in [-0.4, -0.2) is 18.6 Å². The molecule has 0 bridgehead atoms. The Morgan fingerprint density at radius 2 is 2.47 bits per heavy atom. The zero-order valence-electron chi connectivity index (χ0n) is 9.66. The van der Waals surface area contributed by atoms with Crippen LogP contribution in [0.1, 0.15) is 31.7 Å². The Balaban J connectivity index is 2.34. The Morgan fingerprint density at radius 3 is 3.00 bits per heavy atom. The summed E-state index contributed by atoms with van der Waals surface area (Å²) in [7, 11) is 2.04. The van der Waals surface area contributed by atoms with Gasteiger partial charge in [-0.2, -0.15) is 0 Å². The molecule has 2 heteroatoms. The number of nitrogens with one attached hydrogen (secondary N) is 1. The van der Waals surface area contributed by atoms with Gasteiger partial charge in [0.2, 0.25) is 0 Å². The first-order valence-corrected chi connectivity index (χ1v) is 5.85. The van der Waals surface area contributed by atoms with Gasteiger partial charge in [-0.25, -0.2) is 0 Å². The summed E-state index contributed by atoms with van der Waals surface area (Å²) >= 11 is 0. The van der Waals surface area contributed by atoms with E-state index in [1.54, 1.807) is 0 Å². The molecule has 2 atom stereocenters. The van der Waals surface area contributed by atoms with Gasteiger partial charge in [-0.05, 0) is 37.4 Å². The van der Waals surface area contributed by atoms with Gasteiger partial charge in [-0.3, -0.25) is 4.98 Å². The van der Waals surface area contributed by atoms with Crippen LogP contribution in [0.3, 0.4) is 0 Å². The summed E-state index contributed by atoms with van der Waals surface area (Å²) in [5.41, 5.74) is 1.73. The van der Waals surface area contributed by atoms with Crippen molar-refractivity contribution in [2.45, 2.75) is 31.6 Å². The van der Waals surface area contributed by atoms with Crippen molar-refractivity contribution in [1.82, 2.24) is 10.3 Å². The average Bonchev–Trinajstić information content (AvgIpc) is 2.63. The molecule has 15 heavy (non-hydrogen) atoms. The third-order valence-corrected chi connectivity index (χ3v) is 3.93. The number of hydrogen-bond acceptors (Lipinski definition) is 2. The highest BCUT2D eigenvalue weighted by atomic mass is 14.8. The molecule has 0 saturated heterocycles. The SMILES string of the molecule is CNCC1(c2cccnc2)CCCC1C. The van der Waals surface area contributed by atoms with E-state index < -0.39 is 0 Å². The van der Waals surface area contributed by atoms with E-state index in [0.29, 0.717) is 5.41 Å². The zero-order valence-corrected chi connectivity index (χ0v) is 9.66. The van der Waals surface area contributed by atoms with Crippen LogP contribution in [0.2, 0.25) is 0 Å². The second kappa shape index (κ2) is 4.31. The number of pyridine rings is 1. The molecule has 1 aliphatic rings. The minimum Gasteiger partial charge on any atom is -0.319 e. The van der Waals surface area contributed by atoms with Crippen LogP contribution in [0.5, 0.6) is 0 Å². The molecule has 82 valence electrons. The van der Waals surface area contributed by atoms with E-state index >= 15 is 0 Å². The van der Waals surface area contributed by atoms with Crippen LogP contribution in [0.4, 0.5) is 0 Å². The Hall–Kier alpha value is -0.890. The van der Waals surface area contributed by atoms with E-state index in [9.17, 15) is 0 Å². The first-order valence-electron chi connectivity index (χ1n) is 5.85. The number of likely N-dealkylation sites (N-methyl/N-ethyl adjacent to an activating group) is 1. The molecule has 0 amide bonds. The number of rotatable bonds is 3. The van der Waals surface area contributed by atoms with E-state index in [2.05, 4.69) is 29.4 Å². The van der Waals surface area contributed by atoms with Gasteiger partial charge in [-0.1, -0.05) is 19.4 Å². The van der Waals surface area contributed by atoms with Crippen molar-refractivity contribution >= 4 is 0 Å². The van der Waals surface area contributed by atoms with Crippen molar-refractivity contribution in [3.05, 3.63) is 30.1 Å². The normalized spacial score (nSPS) is 30.7. The van der Waals surface area contributed by atoms with Gasteiger partial charge in [-0.15, -0.1) is 0 Å². The molecule has 0 spiro atoms. The van der Waals surface area contributed by atoms with Crippen molar-refractivity contribution in [1.29, 1.82) is 0 Å². The number of aromatic nitrogens is 1. The fraction of sp³-hybridized carbons (Fsp3) is 0.615. The molecule has 0 aromatic carbocycles. The molecular formula is C13H20N2. The van der Waals surface area contributed by atoms with Gasteiger partial charge in [0.15, 0.2) is 0 Å². The van der Waals surface area contributed by atoms with E-state index in [0.717, 1.165) is 12.5 Å². The molecular weight excluding hydrogens is 184 g/mol. The second-order valence-electron chi connectivity index (χ2n) is 4.72. The van der Waals surface area contributed by atoms with Crippen molar-refractivity contribution in [2.24, 2.45) is 5.92 Å². The average molecular weight is 204 g/mol. The highest BCUT2D eigenvalue weighted by Gasteiger charge is 2.41. The maximum Gasteiger partial charge on any atom is 0.0306 e. The first-order chi connectivity index (χ1) is 7.29. The van der Waals surface area contributed by atoms with Crippen LogP contribution >= 0.6 is 0 Å². The van der Waals surface area contributed by atoms with Crippen LogP contribution in [0, 0.1) is 5.92 Å². The Morgan fingerprint density at radius 1 is 1.60 bits per heavy atom. The third-order valence-electron chi connectivity index (χ3n) is 3.93. The Labute approximate surface area is 92.1 Å². The summed E-state index contributed by atoms with van der Waals surface area (Å²) in [4.78, 5) is 4.26. The lowest BCUT2D eigenvalue weighted by Crippen LogP contribution is -2.39. The molecule has 1 saturated carbocycles. The van der Waals surface area contributed by atoms with Crippen LogP contribution < -0.4 is 5.32 Å². The van der Waals surface area contributed by atoms with Gasteiger partial charge in [0.25, 0.3) is 0 Å². The third kappa shape index (κ3) is 1.78. The van der Waals surface area contributed by atoms with E-state index in [1.807, 2.05) is 19.4 Å². The monoisotopic (exact) mass is 204 g/mol. The Kier molecular flexibility index (Phi) is 3.06. The minimum absolute atomic E-state index is 0.322. The largest absolute Gasteiger partial charge is 0.319 e. The van der Waals surface area contributed by atoms with E-state index in [-0.39, 0.29) is 0 Å². The lowest BCUT2D eigenvalue weighted by Gasteiger charge is -2.34. The van der Waals surface area contributed by atoms with E-state index in [1.165, 1.54) is 24.8 Å². The van der Waals surface area contributed by atoms with E-state index in [4.69, 9.17) is 0 Å². The summed E-state index contributed by atoms with van der Waals surface area (Å²) in [6.07, 6.45) is 7.88. The van der Waals surface area contributed by atoms with Gasteiger partial charge in [0, 0.05) is 24.4 Å². The summed E-state index contributed by atoms with van der Waals surface area (Å²) in [5.74, 6) is 0.758. The summed E-state index contributed by atoms with van der Waals surface area (Å²) in [5, 5.41) is 3.35. The van der Waals surface area contributed by atoms with Gasteiger partial charge in [0.1, 0.15) is 0 Å². The maximum absolute atomic E-state index is 4.26. The second-order valence-corrected chi connectivity index (χ2v) is 4.72. The van der Waals surface area contributed by atoms with Gasteiger partial charge >= 0.3 is 0 Å². The topological polar surface area (TPSA) is 24.9 Å². The van der Waals surface area contributed by atoms with Gasteiger partial charge in [0.05, 0.1) is 0 Å². The molecule has 0 radical (unpaired) electrons. The fourth-order valence-corrected chi connectivity index (χ4v) is 3.01. The van der Waals surface area contributed by atoms with Crippen molar-refractivity contribution in [2.75, 3.05) is 13.6 Å². The van der Waals surface area contributed by atoms with Crippen molar-refractivity contribution < 1.29 is 0 Å². The minimum atomic E-state index is 0.322. The molecule has 2 rings (SSSR count). The predicted molar refractivity (Wildman–Crippen MR) is 62.9 cm³/mol. The molecule has 1 N–H and O–H groups in total. The molecule has 1 fully saturated rings. The Bertz CT molecular complexity index is 310. The van der Waals surface area contributed by atoms with Crippen LogP contribution in [-0.2, 0) is 5.41 Å². The van der Waals surface area contributed by atoms with Crippen molar-refractivity contribution in [3.63, 3.8) is 0 Å². The quantitative estimate of drug-likeness (QED) is 0.817. The zero-order chi connectivity index (χ0) is 10.7. The van der Waals surface area contributed by atoms with Crippen molar-refractivity contribution in [3.8, 4) is 0 Å². The fourth-order valence-electron chi connectivity index (χ4n) is 3.01. The molecule has 1 aromatic rings. The number of hydrogen-bond donors (Lipinski definition) is 1. The molecule has 0 aliphatic heterocycles. The molecule has 2 nitrogen and oxygen atoms in total. The number of nitrogens with zero attached hydrogens (tertiary/aromatic N) is 1. The smallest absolute Gasteiger partial charge is 0.0306 e. The molecule has 1 heterocycles.